The highest BCUT2D eigenvalue weighted by atomic mass is 16.6. The number of H-pyrrole nitrogens is 1. The van der Waals surface area contributed by atoms with Gasteiger partial charge in [-0.05, 0) is 61.1 Å². The van der Waals surface area contributed by atoms with Gasteiger partial charge in [-0.3, -0.25) is 9.89 Å². The molecule has 2 unspecified atom stereocenters. The van der Waals surface area contributed by atoms with Gasteiger partial charge in [0.1, 0.15) is 5.52 Å². The largest absolute Gasteiger partial charge is 0.449 e. The number of nitrogens with zero attached hydrogens (tertiary/aromatic N) is 4. The highest BCUT2D eigenvalue weighted by molar-refractivity contribution is 5.97. The summed E-state index contributed by atoms with van der Waals surface area (Å²) in [5.41, 5.74) is 2.16. The van der Waals surface area contributed by atoms with Crippen LogP contribution in [0.5, 0.6) is 0 Å². The highest BCUT2D eigenvalue weighted by Crippen LogP contribution is 2.52. The molecule has 0 spiro atoms. The predicted molar refractivity (Wildman–Crippen MR) is 113 cm³/mol. The summed E-state index contributed by atoms with van der Waals surface area (Å²) in [5.74, 6) is 3.50. The first-order valence-corrected chi connectivity index (χ1v) is 11.6. The van der Waals surface area contributed by atoms with Crippen molar-refractivity contribution in [1.29, 1.82) is 0 Å². The Morgan fingerprint density at radius 2 is 1.81 bits per heavy atom. The lowest BCUT2D eigenvalue weighted by atomic mass is 9.81. The maximum absolute atomic E-state index is 13.0. The number of benzene rings is 1. The third-order valence-electron chi connectivity index (χ3n) is 8.54. The Hall–Kier alpha value is -2.64. The summed E-state index contributed by atoms with van der Waals surface area (Å²) in [4.78, 5) is 29.4. The van der Waals surface area contributed by atoms with Gasteiger partial charge in [-0.15, -0.1) is 5.10 Å². The number of hydrogen-bond acceptors (Lipinski definition) is 5. The molecule has 2 aromatic rings. The van der Waals surface area contributed by atoms with Gasteiger partial charge < -0.3 is 14.5 Å². The monoisotopic (exact) mass is 423 g/mol. The Kier molecular flexibility index (Phi) is 4.43. The van der Waals surface area contributed by atoms with Crippen LogP contribution in [0.3, 0.4) is 0 Å². The van der Waals surface area contributed by atoms with Gasteiger partial charge in [0.15, 0.2) is 0 Å². The van der Waals surface area contributed by atoms with Gasteiger partial charge in [-0.25, -0.2) is 4.79 Å². The second kappa shape index (κ2) is 7.21. The molecule has 164 valence electrons. The molecule has 2 aliphatic heterocycles. The zero-order chi connectivity index (χ0) is 21.1. The Bertz CT molecular complexity index is 1010. The summed E-state index contributed by atoms with van der Waals surface area (Å²) < 4.78 is 5.77. The number of nitrogens with one attached hydrogen (secondary N) is 1. The van der Waals surface area contributed by atoms with Gasteiger partial charge in [0, 0.05) is 43.6 Å². The molecule has 6 rings (SSSR count). The molecule has 2 aliphatic carbocycles. The number of carbonyl (C=O) groups is 2. The van der Waals surface area contributed by atoms with E-state index in [0.29, 0.717) is 67.5 Å². The number of carbonyl (C=O) groups excluding carboxylic acids is 2. The van der Waals surface area contributed by atoms with Crippen molar-refractivity contribution >= 4 is 23.0 Å². The minimum absolute atomic E-state index is 0.0266. The summed E-state index contributed by atoms with van der Waals surface area (Å²) in [6, 6.07) is 5.45. The standard InChI is InChI=1S/C23H29N5O3/c1-13-14-2-3-15(6-14)19(13)12-31-23(30)28-10-17-8-27(9-18(17)11-28)22(29)16-4-5-20-21(7-16)25-26-24-20/h4-5,7,13-15,17-19H,2-3,6,8-12H2,1H3,(H,24,25,26)/t13?,14-,15+,17-,18+,19?/m1/s1. The van der Waals surface area contributed by atoms with Crippen LogP contribution in [-0.2, 0) is 4.74 Å². The second-order valence-corrected chi connectivity index (χ2v) is 10.1. The predicted octanol–water partition coefficient (Wildman–Crippen LogP) is 2.78. The lowest BCUT2D eigenvalue weighted by molar-refractivity contribution is 0.0649. The molecule has 4 fully saturated rings. The van der Waals surface area contributed by atoms with Crippen LogP contribution in [0, 0.1) is 35.5 Å². The van der Waals surface area contributed by atoms with E-state index in [-0.39, 0.29) is 12.0 Å². The molecular weight excluding hydrogens is 394 g/mol. The fourth-order valence-corrected chi connectivity index (χ4v) is 6.71. The first-order chi connectivity index (χ1) is 15.1. The Morgan fingerprint density at radius 3 is 2.55 bits per heavy atom. The van der Waals surface area contributed by atoms with Gasteiger partial charge in [-0.2, -0.15) is 0 Å². The van der Waals surface area contributed by atoms with Crippen molar-refractivity contribution < 1.29 is 14.3 Å². The average molecular weight is 424 g/mol. The van der Waals surface area contributed by atoms with Gasteiger partial charge in [0.2, 0.25) is 0 Å². The van der Waals surface area contributed by atoms with E-state index in [4.69, 9.17) is 4.74 Å². The molecule has 2 saturated heterocycles. The second-order valence-electron chi connectivity index (χ2n) is 10.1. The van der Waals surface area contributed by atoms with Crippen LogP contribution in [0.1, 0.15) is 36.5 Å². The molecular formula is C23H29N5O3. The molecule has 1 aromatic carbocycles. The maximum atomic E-state index is 13.0. The van der Waals surface area contributed by atoms with E-state index in [9.17, 15) is 9.59 Å². The van der Waals surface area contributed by atoms with E-state index in [0.717, 1.165) is 17.4 Å². The molecule has 6 atom stereocenters. The van der Waals surface area contributed by atoms with E-state index in [1.54, 1.807) is 6.07 Å². The van der Waals surface area contributed by atoms with Gasteiger partial charge in [0.25, 0.3) is 5.91 Å². The van der Waals surface area contributed by atoms with Crippen LogP contribution in [-0.4, -0.2) is 70.0 Å². The fraction of sp³-hybridized carbons (Fsp3) is 0.652. The SMILES string of the molecule is CC1C(COC(=O)N2C[C@@H]3CN(C(=O)c4ccc5[nH]nnc5c4)C[C@@H]3C2)[C@H]2CC[C@@H]1C2. The minimum atomic E-state index is -0.168. The number of aromatic amines is 1. The Morgan fingerprint density at radius 1 is 1.06 bits per heavy atom. The molecule has 0 radical (unpaired) electrons. The minimum Gasteiger partial charge on any atom is -0.449 e. The van der Waals surface area contributed by atoms with Crippen molar-refractivity contribution in [2.75, 3.05) is 32.8 Å². The number of aromatic nitrogens is 3. The van der Waals surface area contributed by atoms with Crippen LogP contribution >= 0.6 is 0 Å². The molecule has 2 saturated carbocycles. The van der Waals surface area contributed by atoms with Gasteiger partial charge >= 0.3 is 6.09 Å². The average Bonchev–Trinajstić information content (AvgIpc) is 3.57. The van der Waals surface area contributed by atoms with Crippen molar-refractivity contribution in [2.24, 2.45) is 35.5 Å². The number of amides is 2. The summed E-state index contributed by atoms with van der Waals surface area (Å²) >= 11 is 0. The topological polar surface area (TPSA) is 91.4 Å². The zero-order valence-corrected chi connectivity index (χ0v) is 17.9. The molecule has 4 aliphatic rings. The molecule has 3 heterocycles. The Labute approximate surface area is 181 Å². The van der Waals surface area contributed by atoms with Gasteiger partial charge in [0.05, 0.1) is 12.1 Å². The zero-order valence-electron chi connectivity index (χ0n) is 17.9. The third kappa shape index (κ3) is 3.18. The summed E-state index contributed by atoms with van der Waals surface area (Å²) in [5, 5.41) is 10.6. The van der Waals surface area contributed by atoms with E-state index < -0.39 is 0 Å². The van der Waals surface area contributed by atoms with Crippen LogP contribution in [0.25, 0.3) is 11.0 Å². The molecule has 2 bridgehead atoms. The summed E-state index contributed by atoms with van der Waals surface area (Å²) in [6.07, 6.45) is 3.81. The van der Waals surface area contributed by atoms with Crippen molar-refractivity contribution in [3.05, 3.63) is 23.8 Å². The van der Waals surface area contributed by atoms with Crippen LogP contribution in [0.2, 0.25) is 0 Å². The van der Waals surface area contributed by atoms with E-state index in [1.165, 1.54) is 19.3 Å². The lowest BCUT2D eigenvalue weighted by Crippen LogP contribution is -2.37. The van der Waals surface area contributed by atoms with Crippen molar-refractivity contribution in [3.63, 3.8) is 0 Å². The van der Waals surface area contributed by atoms with E-state index in [2.05, 4.69) is 22.3 Å². The normalized spacial score (nSPS) is 34.0. The smallest absolute Gasteiger partial charge is 0.409 e. The first kappa shape index (κ1) is 19.1. The summed E-state index contributed by atoms with van der Waals surface area (Å²) in [7, 11) is 0. The van der Waals surface area contributed by atoms with Crippen LogP contribution in [0.4, 0.5) is 4.79 Å². The molecule has 1 N–H and O–H groups in total. The number of ether oxygens (including phenoxy) is 1. The van der Waals surface area contributed by atoms with Crippen molar-refractivity contribution in [3.8, 4) is 0 Å². The molecule has 8 heteroatoms. The van der Waals surface area contributed by atoms with Crippen molar-refractivity contribution in [2.45, 2.75) is 26.2 Å². The quantitative estimate of drug-likeness (QED) is 0.820. The van der Waals surface area contributed by atoms with Crippen LogP contribution < -0.4 is 0 Å². The van der Waals surface area contributed by atoms with E-state index in [1.807, 2.05) is 21.9 Å². The number of rotatable bonds is 3. The number of hydrogen-bond donors (Lipinski definition) is 1. The highest BCUT2D eigenvalue weighted by Gasteiger charge is 2.47. The third-order valence-corrected chi connectivity index (χ3v) is 8.54. The van der Waals surface area contributed by atoms with Crippen molar-refractivity contribution in [1.82, 2.24) is 25.2 Å². The molecule has 2 amide bonds. The van der Waals surface area contributed by atoms with Gasteiger partial charge in [-0.1, -0.05) is 12.1 Å². The molecule has 8 nitrogen and oxygen atoms in total. The fourth-order valence-electron chi connectivity index (χ4n) is 6.71. The number of likely N-dealkylation sites (tertiary alicyclic amines) is 2. The maximum Gasteiger partial charge on any atom is 0.409 e. The Balaban J connectivity index is 1.03. The molecule has 1 aromatic heterocycles. The first-order valence-electron chi connectivity index (χ1n) is 11.6. The number of fused-ring (bicyclic) bond motifs is 4. The lowest BCUT2D eigenvalue weighted by Gasteiger charge is -2.28. The summed E-state index contributed by atoms with van der Waals surface area (Å²) in [6.45, 7) is 5.64. The van der Waals surface area contributed by atoms with E-state index >= 15 is 0 Å². The molecule has 31 heavy (non-hydrogen) atoms. The van der Waals surface area contributed by atoms with Crippen LogP contribution in [0.15, 0.2) is 18.2 Å².